The van der Waals surface area contributed by atoms with Crippen LogP contribution < -0.4 is 14.8 Å². The van der Waals surface area contributed by atoms with Crippen molar-refractivity contribution in [3.63, 3.8) is 0 Å². The second-order valence-corrected chi connectivity index (χ2v) is 5.51. The minimum atomic E-state index is -0.0560. The van der Waals surface area contributed by atoms with E-state index in [2.05, 4.69) is 21.2 Å². The van der Waals surface area contributed by atoms with Crippen LogP contribution in [0, 0.1) is 0 Å². The summed E-state index contributed by atoms with van der Waals surface area (Å²) in [6, 6.07) is 11.5. The Kier molecular flexibility index (Phi) is 4.74. The first kappa shape index (κ1) is 14.5. The molecule has 0 atom stereocenters. The highest BCUT2D eigenvalue weighted by Gasteiger charge is 2.11. The van der Waals surface area contributed by atoms with Gasteiger partial charge in [0.1, 0.15) is 0 Å². The molecule has 4 nitrogen and oxygen atoms in total. The number of hydrogen-bond donors (Lipinski definition) is 1. The van der Waals surface area contributed by atoms with Crippen LogP contribution in [0.3, 0.4) is 0 Å². The Hall–Kier alpha value is -1.88. The fourth-order valence-corrected chi connectivity index (χ4v) is 2.16. The Morgan fingerprint density at radius 1 is 1.20 bits per heavy atom. The Morgan fingerprint density at radius 2 is 1.85 bits per heavy atom. The lowest BCUT2D eigenvalue weighted by Crippen LogP contribution is -2.39. The number of benzene rings is 1. The van der Waals surface area contributed by atoms with Gasteiger partial charge in [-0.2, -0.15) is 4.57 Å². The summed E-state index contributed by atoms with van der Waals surface area (Å²) in [5.74, 6) is -0.0560. The molecule has 0 spiro atoms. The summed E-state index contributed by atoms with van der Waals surface area (Å²) in [4.78, 5) is 14.0. The summed E-state index contributed by atoms with van der Waals surface area (Å²) in [5, 5.41) is 2.88. The van der Waals surface area contributed by atoms with E-state index in [1.165, 1.54) is 0 Å². The summed E-state index contributed by atoms with van der Waals surface area (Å²) in [5.41, 5.74) is 1.88. The molecule has 0 aliphatic carbocycles. The number of aromatic nitrogens is 1. The average Bonchev–Trinajstić information content (AvgIpc) is 2.42. The van der Waals surface area contributed by atoms with E-state index in [1.54, 1.807) is 0 Å². The number of rotatable bonds is 4. The standard InChI is InChI=1S/C15H16BrN3O/c1-18(2)12-7-9-19(10-8-12)11-15(20)17-14-6-4-3-5-13(14)16/h3-10H,11H2,1-2H3/p+1. The first-order chi connectivity index (χ1) is 9.56. The number of carbonyl (C=O) groups is 1. The van der Waals surface area contributed by atoms with Gasteiger partial charge in [0.2, 0.25) is 6.54 Å². The van der Waals surface area contributed by atoms with Gasteiger partial charge in [0.15, 0.2) is 12.4 Å². The number of amides is 1. The van der Waals surface area contributed by atoms with Crippen LogP contribution in [0.5, 0.6) is 0 Å². The second kappa shape index (κ2) is 6.52. The van der Waals surface area contributed by atoms with Crippen molar-refractivity contribution in [2.24, 2.45) is 0 Å². The van der Waals surface area contributed by atoms with Gasteiger partial charge in [0.25, 0.3) is 5.91 Å². The zero-order valence-corrected chi connectivity index (χ0v) is 13.1. The van der Waals surface area contributed by atoms with Gasteiger partial charge >= 0.3 is 0 Å². The van der Waals surface area contributed by atoms with E-state index in [1.807, 2.05) is 72.4 Å². The van der Waals surface area contributed by atoms with Crippen LogP contribution in [0.15, 0.2) is 53.3 Å². The van der Waals surface area contributed by atoms with Crippen LogP contribution in [-0.4, -0.2) is 20.0 Å². The van der Waals surface area contributed by atoms with Crippen LogP contribution in [0.4, 0.5) is 11.4 Å². The maximum Gasteiger partial charge on any atom is 0.290 e. The van der Waals surface area contributed by atoms with Crippen LogP contribution >= 0.6 is 15.9 Å². The van der Waals surface area contributed by atoms with Gasteiger partial charge < -0.3 is 10.2 Å². The molecular weight excluding hydrogens is 318 g/mol. The van der Waals surface area contributed by atoms with Gasteiger partial charge in [0, 0.05) is 36.4 Å². The van der Waals surface area contributed by atoms with Crippen molar-refractivity contribution in [2.75, 3.05) is 24.3 Å². The van der Waals surface area contributed by atoms with E-state index in [4.69, 9.17) is 0 Å². The Morgan fingerprint density at radius 3 is 2.45 bits per heavy atom. The van der Waals surface area contributed by atoms with Crippen LogP contribution in [0.25, 0.3) is 0 Å². The van der Waals surface area contributed by atoms with E-state index in [-0.39, 0.29) is 12.5 Å². The van der Waals surface area contributed by atoms with Crippen LogP contribution in [0.2, 0.25) is 0 Å². The van der Waals surface area contributed by atoms with Crippen LogP contribution in [-0.2, 0) is 11.3 Å². The third-order valence-corrected chi connectivity index (χ3v) is 3.56. The van der Waals surface area contributed by atoms with Crippen molar-refractivity contribution in [3.8, 4) is 0 Å². The minimum absolute atomic E-state index is 0.0560. The maximum absolute atomic E-state index is 12.0. The highest BCUT2D eigenvalue weighted by molar-refractivity contribution is 9.10. The van der Waals surface area contributed by atoms with E-state index >= 15 is 0 Å². The Bertz CT molecular complexity index is 596. The number of nitrogens with one attached hydrogen (secondary N) is 1. The van der Waals surface area contributed by atoms with Gasteiger partial charge in [-0.15, -0.1) is 0 Å². The van der Waals surface area contributed by atoms with Gasteiger partial charge in [-0.3, -0.25) is 4.79 Å². The van der Waals surface area contributed by atoms with Crippen LogP contribution in [0.1, 0.15) is 0 Å². The zero-order chi connectivity index (χ0) is 14.5. The summed E-state index contributed by atoms with van der Waals surface area (Å²) >= 11 is 3.41. The molecule has 2 rings (SSSR count). The molecule has 0 saturated carbocycles. The third-order valence-electron chi connectivity index (χ3n) is 2.86. The van der Waals surface area contributed by atoms with Gasteiger partial charge in [0.05, 0.1) is 5.69 Å². The highest BCUT2D eigenvalue weighted by atomic mass is 79.9. The largest absolute Gasteiger partial charge is 0.377 e. The van der Waals surface area contributed by atoms with Crippen molar-refractivity contribution in [2.45, 2.75) is 6.54 Å². The molecule has 0 aliphatic heterocycles. The Balaban J connectivity index is 1.99. The van der Waals surface area contributed by atoms with Crippen molar-refractivity contribution < 1.29 is 9.36 Å². The third kappa shape index (κ3) is 3.81. The Labute approximate surface area is 127 Å². The predicted octanol–water partition coefficient (Wildman–Crippen LogP) is 2.44. The molecule has 0 saturated heterocycles. The molecule has 1 amide bonds. The number of anilines is 2. The number of carbonyl (C=O) groups excluding carboxylic acids is 1. The molecule has 5 heteroatoms. The fourth-order valence-electron chi connectivity index (χ4n) is 1.77. The topological polar surface area (TPSA) is 36.2 Å². The number of halogens is 1. The number of hydrogen-bond acceptors (Lipinski definition) is 2. The quantitative estimate of drug-likeness (QED) is 0.872. The van der Waals surface area contributed by atoms with Crippen molar-refractivity contribution in [1.29, 1.82) is 0 Å². The molecule has 1 aromatic heterocycles. The average molecular weight is 335 g/mol. The molecule has 0 unspecified atom stereocenters. The normalized spacial score (nSPS) is 10.2. The van der Waals surface area contributed by atoms with E-state index in [9.17, 15) is 4.79 Å². The SMILES string of the molecule is CN(C)c1cc[n+](CC(=O)Nc2ccccc2Br)cc1. The van der Waals surface area contributed by atoms with E-state index in [0.29, 0.717) is 0 Å². The first-order valence-corrected chi connectivity index (χ1v) is 7.06. The monoisotopic (exact) mass is 334 g/mol. The van der Waals surface area contributed by atoms with E-state index in [0.717, 1.165) is 15.8 Å². The summed E-state index contributed by atoms with van der Waals surface area (Å²) < 4.78 is 2.72. The molecular formula is C15H17BrN3O+. The fraction of sp³-hybridized carbons (Fsp3) is 0.200. The smallest absolute Gasteiger partial charge is 0.290 e. The summed E-state index contributed by atoms with van der Waals surface area (Å²) in [7, 11) is 3.97. The lowest BCUT2D eigenvalue weighted by atomic mass is 10.3. The van der Waals surface area contributed by atoms with Crippen molar-refractivity contribution in [3.05, 3.63) is 53.3 Å². The minimum Gasteiger partial charge on any atom is -0.377 e. The number of para-hydroxylation sites is 1. The molecule has 0 aliphatic rings. The number of nitrogens with zero attached hydrogens (tertiary/aromatic N) is 2. The molecule has 104 valence electrons. The summed E-state index contributed by atoms with van der Waals surface area (Å²) in [6.07, 6.45) is 3.80. The number of pyridine rings is 1. The van der Waals surface area contributed by atoms with E-state index < -0.39 is 0 Å². The maximum atomic E-state index is 12.0. The van der Waals surface area contributed by atoms with Gasteiger partial charge in [-0.1, -0.05) is 12.1 Å². The first-order valence-electron chi connectivity index (χ1n) is 6.27. The molecule has 0 fully saturated rings. The molecule has 0 radical (unpaired) electrons. The molecule has 1 heterocycles. The van der Waals surface area contributed by atoms with Gasteiger partial charge in [-0.25, -0.2) is 0 Å². The molecule has 1 aromatic carbocycles. The van der Waals surface area contributed by atoms with Crippen molar-refractivity contribution >= 4 is 33.2 Å². The lowest BCUT2D eigenvalue weighted by molar-refractivity contribution is -0.684. The molecule has 1 N–H and O–H groups in total. The van der Waals surface area contributed by atoms with Crippen molar-refractivity contribution in [1.82, 2.24) is 0 Å². The molecule has 0 bridgehead atoms. The molecule has 20 heavy (non-hydrogen) atoms. The second-order valence-electron chi connectivity index (χ2n) is 4.65. The molecule has 2 aromatic rings. The van der Waals surface area contributed by atoms with Gasteiger partial charge in [-0.05, 0) is 28.1 Å². The predicted molar refractivity (Wildman–Crippen MR) is 83.7 cm³/mol. The lowest BCUT2D eigenvalue weighted by Gasteiger charge is -2.10. The zero-order valence-electron chi connectivity index (χ0n) is 11.5. The highest BCUT2D eigenvalue weighted by Crippen LogP contribution is 2.20. The summed E-state index contributed by atoms with van der Waals surface area (Å²) in [6.45, 7) is 0.287.